The van der Waals surface area contributed by atoms with E-state index in [2.05, 4.69) is 26.5 Å². The Morgan fingerprint density at radius 3 is 3.00 bits per heavy atom. The molecule has 128 valence electrons. The summed E-state index contributed by atoms with van der Waals surface area (Å²) in [4.78, 5) is 21.4. The Morgan fingerprint density at radius 2 is 2.26 bits per heavy atom. The van der Waals surface area contributed by atoms with Gasteiger partial charge < -0.3 is 15.1 Å². The van der Waals surface area contributed by atoms with Crippen LogP contribution in [0.2, 0.25) is 0 Å². The minimum absolute atomic E-state index is 0.324. The molecule has 0 aromatic carbocycles. The number of nitrogens with zero attached hydrogens (tertiary/aromatic N) is 4. The highest BCUT2D eigenvalue weighted by atomic mass is 32.1. The molecule has 3 rings (SSSR count). The van der Waals surface area contributed by atoms with Crippen LogP contribution in [0, 0.1) is 5.92 Å². The number of carbonyl (C=O) groups is 1. The molecule has 0 saturated carbocycles. The quantitative estimate of drug-likeness (QED) is 0.883. The first-order valence-corrected chi connectivity index (χ1v) is 9.59. The molecular weight excluding hydrogens is 310 g/mol. The average molecular weight is 337 g/mol. The molecule has 2 saturated heterocycles. The second-order valence-electron chi connectivity index (χ2n) is 6.47. The van der Waals surface area contributed by atoms with Crippen LogP contribution in [0.4, 0.5) is 5.13 Å². The number of carbonyl (C=O) groups excluding carboxylic acids is 1. The van der Waals surface area contributed by atoms with Crippen LogP contribution in [0.15, 0.2) is 0 Å². The summed E-state index contributed by atoms with van der Waals surface area (Å²) in [5, 5.41) is 4.38. The van der Waals surface area contributed by atoms with Crippen molar-refractivity contribution in [3.8, 4) is 0 Å². The van der Waals surface area contributed by atoms with Gasteiger partial charge in [0.25, 0.3) is 0 Å². The van der Waals surface area contributed by atoms with Crippen molar-refractivity contribution in [1.29, 1.82) is 0 Å². The third-order valence-electron chi connectivity index (χ3n) is 4.82. The Morgan fingerprint density at radius 1 is 1.35 bits per heavy atom. The zero-order chi connectivity index (χ0) is 16.1. The Balaban J connectivity index is 1.48. The Bertz CT molecular complexity index is 514. The van der Waals surface area contributed by atoms with Gasteiger partial charge in [-0.2, -0.15) is 4.37 Å². The predicted molar refractivity (Wildman–Crippen MR) is 92.9 cm³/mol. The molecule has 1 N–H and O–H groups in total. The first kappa shape index (κ1) is 16.6. The normalized spacial score (nSPS) is 22.4. The lowest BCUT2D eigenvalue weighted by Gasteiger charge is -2.22. The van der Waals surface area contributed by atoms with E-state index in [1.165, 1.54) is 18.0 Å². The van der Waals surface area contributed by atoms with Gasteiger partial charge >= 0.3 is 0 Å². The van der Waals surface area contributed by atoms with Crippen LogP contribution in [0.1, 0.15) is 38.4 Å². The van der Waals surface area contributed by atoms with Crippen molar-refractivity contribution in [1.82, 2.24) is 19.6 Å². The molecule has 7 heteroatoms. The predicted octanol–water partition coefficient (Wildman–Crippen LogP) is 1.53. The monoisotopic (exact) mass is 337 g/mol. The summed E-state index contributed by atoms with van der Waals surface area (Å²) in [6.45, 7) is 7.79. The van der Waals surface area contributed by atoms with Crippen molar-refractivity contribution in [2.24, 2.45) is 5.92 Å². The standard InChI is InChI=1S/C16H27N5OS/c1-2-14-18-16(23-19-14)21-9-3-8-20(10-11-21)15(22)5-4-13-6-7-17-12-13/h13,17H,2-12H2,1H3. The number of nitrogens with one attached hydrogen (secondary N) is 1. The zero-order valence-electron chi connectivity index (χ0n) is 14.0. The average Bonchev–Trinajstić information content (AvgIpc) is 3.20. The Hall–Kier alpha value is -1.21. The highest BCUT2D eigenvalue weighted by Gasteiger charge is 2.22. The topological polar surface area (TPSA) is 61.4 Å². The maximum atomic E-state index is 12.5. The van der Waals surface area contributed by atoms with E-state index >= 15 is 0 Å². The maximum Gasteiger partial charge on any atom is 0.222 e. The van der Waals surface area contributed by atoms with Gasteiger partial charge in [0, 0.05) is 50.6 Å². The van der Waals surface area contributed by atoms with Gasteiger partial charge in [-0.1, -0.05) is 6.92 Å². The highest BCUT2D eigenvalue weighted by Crippen LogP contribution is 2.20. The van der Waals surface area contributed by atoms with Crippen LogP contribution in [0.5, 0.6) is 0 Å². The smallest absolute Gasteiger partial charge is 0.222 e. The molecule has 0 bridgehead atoms. The largest absolute Gasteiger partial charge is 0.345 e. The van der Waals surface area contributed by atoms with E-state index in [-0.39, 0.29) is 0 Å². The van der Waals surface area contributed by atoms with Crippen LogP contribution in [-0.2, 0) is 11.2 Å². The molecule has 1 aromatic heterocycles. The van der Waals surface area contributed by atoms with Crippen LogP contribution in [0.25, 0.3) is 0 Å². The van der Waals surface area contributed by atoms with Gasteiger partial charge in [-0.25, -0.2) is 4.98 Å². The van der Waals surface area contributed by atoms with Gasteiger partial charge in [-0.05, 0) is 38.3 Å². The number of aromatic nitrogens is 2. The lowest BCUT2D eigenvalue weighted by molar-refractivity contribution is -0.131. The number of anilines is 1. The van der Waals surface area contributed by atoms with Crippen LogP contribution in [-0.4, -0.2) is 59.4 Å². The summed E-state index contributed by atoms with van der Waals surface area (Å²) in [6.07, 6.45) is 4.84. The molecule has 1 atom stereocenters. The zero-order valence-corrected chi connectivity index (χ0v) is 14.8. The molecule has 1 amide bonds. The fourth-order valence-corrected chi connectivity index (χ4v) is 4.12. The Kier molecular flexibility index (Phi) is 5.83. The van der Waals surface area contributed by atoms with E-state index in [1.807, 2.05) is 4.90 Å². The van der Waals surface area contributed by atoms with Gasteiger partial charge in [-0.3, -0.25) is 4.79 Å². The third kappa shape index (κ3) is 4.41. The highest BCUT2D eigenvalue weighted by molar-refractivity contribution is 7.09. The van der Waals surface area contributed by atoms with Crippen molar-refractivity contribution in [3.63, 3.8) is 0 Å². The van der Waals surface area contributed by atoms with Crippen molar-refractivity contribution in [2.45, 2.75) is 39.0 Å². The summed E-state index contributed by atoms with van der Waals surface area (Å²) in [7, 11) is 0. The summed E-state index contributed by atoms with van der Waals surface area (Å²) in [5.74, 6) is 1.94. The number of amides is 1. The summed E-state index contributed by atoms with van der Waals surface area (Å²) >= 11 is 1.48. The molecule has 0 radical (unpaired) electrons. The van der Waals surface area contributed by atoms with E-state index in [0.29, 0.717) is 18.2 Å². The van der Waals surface area contributed by atoms with Crippen LogP contribution < -0.4 is 10.2 Å². The minimum Gasteiger partial charge on any atom is -0.345 e. The fourth-order valence-electron chi connectivity index (χ4n) is 3.32. The molecule has 23 heavy (non-hydrogen) atoms. The van der Waals surface area contributed by atoms with Gasteiger partial charge in [0.1, 0.15) is 5.82 Å². The molecule has 6 nitrogen and oxygen atoms in total. The first-order valence-electron chi connectivity index (χ1n) is 8.82. The molecule has 0 spiro atoms. The first-order chi connectivity index (χ1) is 11.3. The lowest BCUT2D eigenvalue weighted by atomic mass is 10.0. The number of hydrogen-bond acceptors (Lipinski definition) is 6. The van der Waals surface area contributed by atoms with Crippen LogP contribution >= 0.6 is 11.5 Å². The fraction of sp³-hybridized carbons (Fsp3) is 0.812. The number of hydrogen-bond donors (Lipinski definition) is 1. The van der Waals surface area contributed by atoms with Gasteiger partial charge in [0.2, 0.25) is 11.0 Å². The molecule has 2 fully saturated rings. The molecule has 2 aliphatic heterocycles. The van der Waals surface area contributed by atoms with E-state index in [0.717, 1.165) is 69.5 Å². The molecule has 3 heterocycles. The van der Waals surface area contributed by atoms with Crippen LogP contribution in [0.3, 0.4) is 0 Å². The molecule has 0 aliphatic carbocycles. The molecule has 2 aliphatic rings. The number of aryl methyl sites for hydroxylation is 1. The van der Waals surface area contributed by atoms with Crippen molar-refractivity contribution < 1.29 is 4.79 Å². The van der Waals surface area contributed by atoms with Gasteiger partial charge in [-0.15, -0.1) is 0 Å². The Labute approximate surface area is 142 Å². The third-order valence-corrected chi connectivity index (χ3v) is 5.64. The second kappa shape index (κ2) is 8.06. The van der Waals surface area contributed by atoms with E-state index in [9.17, 15) is 4.79 Å². The molecular formula is C16H27N5OS. The van der Waals surface area contributed by atoms with E-state index in [1.54, 1.807) is 0 Å². The van der Waals surface area contributed by atoms with Gasteiger partial charge in [0.05, 0.1) is 0 Å². The van der Waals surface area contributed by atoms with E-state index in [4.69, 9.17) is 0 Å². The maximum absolute atomic E-state index is 12.5. The van der Waals surface area contributed by atoms with Crippen molar-refractivity contribution in [2.75, 3.05) is 44.2 Å². The number of rotatable bonds is 5. The summed E-state index contributed by atoms with van der Waals surface area (Å²) in [6, 6.07) is 0. The summed E-state index contributed by atoms with van der Waals surface area (Å²) in [5.41, 5.74) is 0. The molecule has 1 unspecified atom stereocenters. The minimum atomic E-state index is 0.324. The van der Waals surface area contributed by atoms with Crippen molar-refractivity contribution >= 4 is 22.6 Å². The van der Waals surface area contributed by atoms with E-state index < -0.39 is 0 Å². The van der Waals surface area contributed by atoms with Crippen molar-refractivity contribution in [3.05, 3.63) is 5.82 Å². The SMILES string of the molecule is CCc1nsc(N2CCCN(C(=O)CCC3CCNC3)CC2)n1. The second-order valence-corrected chi connectivity index (χ2v) is 7.20. The summed E-state index contributed by atoms with van der Waals surface area (Å²) < 4.78 is 4.37. The molecule has 1 aromatic rings. The van der Waals surface area contributed by atoms with Gasteiger partial charge in [0.15, 0.2) is 0 Å². The lowest BCUT2D eigenvalue weighted by Crippen LogP contribution is -2.35.